The van der Waals surface area contributed by atoms with Crippen molar-refractivity contribution in [2.24, 2.45) is 10.8 Å². The Kier molecular flexibility index (Phi) is 8.77. The van der Waals surface area contributed by atoms with Crippen LogP contribution in [-0.2, 0) is 24.2 Å². The van der Waals surface area contributed by atoms with E-state index in [9.17, 15) is 22.4 Å². The van der Waals surface area contributed by atoms with Gasteiger partial charge in [-0.3, -0.25) is 9.59 Å². The van der Waals surface area contributed by atoms with Crippen molar-refractivity contribution >= 4 is 21.7 Å². The highest BCUT2D eigenvalue weighted by Crippen LogP contribution is 2.58. The lowest BCUT2D eigenvalue weighted by Gasteiger charge is -2.53. The minimum atomic E-state index is -3.52. The second kappa shape index (κ2) is 11.1. The first-order valence-electron chi connectivity index (χ1n) is 12.9. The molecule has 0 spiro atoms. The summed E-state index contributed by atoms with van der Waals surface area (Å²) in [6.45, 7) is 5.26. The second-order valence-corrected chi connectivity index (χ2v) is 13.8. The van der Waals surface area contributed by atoms with Crippen molar-refractivity contribution in [3.63, 3.8) is 0 Å². The van der Waals surface area contributed by atoms with E-state index in [4.69, 9.17) is 9.47 Å². The van der Waals surface area contributed by atoms with Gasteiger partial charge in [0.25, 0.3) is 0 Å². The number of benzene rings is 1. The summed E-state index contributed by atoms with van der Waals surface area (Å²) in [4.78, 5) is 26.4. The molecule has 0 N–H and O–H groups in total. The smallest absolute Gasteiger partial charge is 0.306 e. The van der Waals surface area contributed by atoms with Crippen LogP contribution in [0.15, 0.2) is 41.1 Å². The van der Waals surface area contributed by atoms with Crippen LogP contribution in [0.3, 0.4) is 0 Å². The molecule has 4 rings (SSSR count). The molecule has 3 aliphatic rings. The third kappa shape index (κ3) is 7.33. The largest absolute Gasteiger partial charge is 0.489 e. The zero-order chi connectivity index (χ0) is 27.5. The molecule has 9 heteroatoms. The van der Waals surface area contributed by atoms with E-state index in [-0.39, 0.29) is 46.8 Å². The molecule has 3 fully saturated rings. The SMILES string of the molecule is CN(C)C(=O)C12CCC(CS(=O)(=O)c3ccc(OC/C(=C/F)CCC(=O)OC(C)(C)C)cc3)(CC1)CC2. The molecule has 0 atom stereocenters. The van der Waals surface area contributed by atoms with Crippen LogP contribution >= 0.6 is 0 Å². The van der Waals surface area contributed by atoms with Crippen LogP contribution in [0.2, 0.25) is 0 Å². The first-order chi connectivity index (χ1) is 17.2. The fourth-order valence-corrected chi connectivity index (χ4v) is 7.45. The van der Waals surface area contributed by atoms with Crippen LogP contribution in [0.4, 0.5) is 4.39 Å². The van der Waals surface area contributed by atoms with Gasteiger partial charge in [0.15, 0.2) is 9.84 Å². The summed E-state index contributed by atoms with van der Waals surface area (Å²) in [6.07, 6.45) is 5.09. The molecular weight excluding hydrogens is 497 g/mol. The van der Waals surface area contributed by atoms with Crippen molar-refractivity contribution in [1.29, 1.82) is 0 Å². The predicted molar refractivity (Wildman–Crippen MR) is 140 cm³/mol. The molecule has 1 aromatic carbocycles. The lowest BCUT2D eigenvalue weighted by molar-refractivity contribution is -0.154. The summed E-state index contributed by atoms with van der Waals surface area (Å²) in [5, 5.41) is 0. The van der Waals surface area contributed by atoms with Crippen LogP contribution in [0.5, 0.6) is 5.75 Å². The molecule has 1 amide bonds. The molecule has 3 saturated carbocycles. The number of sulfone groups is 1. The van der Waals surface area contributed by atoms with Crippen molar-refractivity contribution < 1.29 is 31.9 Å². The third-order valence-electron chi connectivity index (χ3n) is 7.59. The van der Waals surface area contributed by atoms with E-state index >= 15 is 0 Å². The topological polar surface area (TPSA) is 90.0 Å². The maximum absolute atomic E-state index is 13.3. The number of halogens is 1. The Morgan fingerprint density at radius 2 is 1.57 bits per heavy atom. The summed E-state index contributed by atoms with van der Waals surface area (Å²) < 4.78 is 50.6. The Morgan fingerprint density at radius 1 is 1.00 bits per heavy atom. The van der Waals surface area contributed by atoms with Crippen LogP contribution in [0.1, 0.15) is 72.1 Å². The standard InChI is InChI=1S/C28H40FNO6S/c1-26(2,3)36-24(31)11-6-21(18-29)19-35-22-7-9-23(10-8-22)37(33,34)20-27-12-15-28(16-13-27,17-14-27)25(32)30(4)5/h7-10,18H,6,11-17,19-20H2,1-5H3/b21-18+. The first kappa shape index (κ1) is 29.1. The summed E-state index contributed by atoms with van der Waals surface area (Å²) in [6, 6.07) is 6.17. The number of hydrogen-bond acceptors (Lipinski definition) is 6. The Hall–Kier alpha value is -2.42. The zero-order valence-electron chi connectivity index (χ0n) is 22.6. The van der Waals surface area contributed by atoms with Gasteiger partial charge in [0.05, 0.1) is 17.0 Å². The fourth-order valence-electron chi connectivity index (χ4n) is 5.49. The van der Waals surface area contributed by atoms with Gasteiger partial charge in [-0.2, -0.15) is 0 Å². The van der Waals surface area contributed by atoms with Gasteiger partial charge in [-0.25, -0.2) is 12.8 Å². The number of carbonyl (C=O) groups excluding carboxylic acids is 2. The first-order valence-corrected chi connectivity index (χ1v) is 14.5. The number of nitrogens with zero attached hydrogens (tertiary/aromatic N) is 1. The van der Waals surface area contributed by atoms with E-state index in [2.05, 4.69) is 0 Å². The van der Waals surface area contributed by atoms with Gasteiger partial charge in [-0.05, 0) is 101 Å². The van der Waals surface area contributed by atoms with Gasteiger partial charge in [0.1, 0.15) is 18.0 Å². The summed E-state index contributed by atoms with van der Waals surface area (Å²) in [5.74, 6) is 0.240. The molecule has 1 aromatic rings. The number of esters is 1. The highest BCUT2D eigenvalue weighted by atomic mass is 32.2. The molecule has 0 radical (unpaired) electrons. The van der Waals surface area contributed by atoms with Gasteiger partial charge in [0, 0.05) is 25.9 Å². The minimum absolute atomic E-state index is 0.0414. The Bertz CT molecular complexity index is 1090. The number of hydrogen-bond donors (Lipinski definition) is 0. The molecule has 2 bridgehead atoms. The van der Waals surface area contributed by atoms with Crippen LogP contribution in [-0.4, -0.2) is 57.3 Å². The molecule has 0 heterocycles. The molecule has 0 unspecified atom stereocenters. The van der Waals surface area contributed by atoms with Gasteiger partial charge in [-0.1, -0.05) is 0 Å². The van der Waals surface area contributed by atoms with Crippen LogP contribution in [0.25, 0.3) is 0 Å². The monoisotopic (exact) mass is 537 g/mol. The van der Waals surface area contributed by atoms with E-state index < -0.39 is 21.4 Å². The molecule has 0 aliphatic heterocycles. The number of amides is 1. The molecule has 37 heavy (non-hydrogen) atoms. The number of carbonyl (C=O) groups is 2. The van der Waals surface area contributed by atoms with Crippen molar-refractivity contribution in [3.05, 3.63) is 36.2 Å². The summed E-state index contributed by atoms with van der Waals surface area (Å²) >= 11 is 0. The maximum Gasteiger partial charge on any atom is 0.306 e. The van der Waals surface area contributed by atoms with Crippen LogP contribution < -0.4 is 4.74 Å². The van der Waals surface area contributed by atoms with E-state index in [1.807, 2.05) is 0 Å². The van der Waals surface area contributed by atoms with Crippen LogP contribution in [0, 0.1) is 10.8 Å². The Morgan fingerprint density at radius 3 is 2.05 bits per heavy atom. The normalized spacial score (nSPS) is 24.0. The quantitative estimate of drug-likeness (QED) is 0.379. The fraction of sp³-hybridized carbons (Fsp3) is 0.643. The van der Waals surface area contributed by atoms with Gasteiger partial charge in [0.2, 0.25) is 5.91 Å². The highest BCUT2D eigenvalue weighted by Gasteiger charge is 2.54. The van der Waals surface area contributed by atoms with Crippen molar-refractivity contribution in [1.82, 2.24) is 4.90 Å². The lowest BCUT2D eigenvalue weighted by atomic mass is 9.54. The van der Waals surface area contributed by atoms with Crippen molar-refractivity contribution in [3.8, 4) is 5.75 Å². The predicted octanol–water partition coefficient (Wildman–Crippen LogP) is 5.24. The number of ether oxygens (including phenoxy) is 2. The molecule has 0 aromatic heterocycles. The van der Waals surface area contributed by atoms with E-state index in [0.29, 0.717) is 17.7 Å². The highest BCUT2D eigenvalue weighted by molar-refractivity contribution is 7.91. The van der Waals surface area contributed by atoms with Gasteiger partial charge in [-0.15, -0.1) is 0 Å². The summed E-state index contributed by atoms with van der Waals surface area (Å²) in [5.41, 5.74) is -0.899. The molecule has 7 nitrogen and oxygen atoms in total. The lowest BCUT2D eigenvalue weighted by Crippen LogP contribution is -2.51. The van der Waals surface area contributed by atoms with Crippen molar-refractivity contribution in [2.45, 2.75) is 82.6 Å². The molecule has 206 valence electrons. The van der Waals surface area contributed by atoms with E-state index in [0.717, 1.165) is 38.5 Å². The average Bonchev–Trinajstić information content (AvgIpc) is 2.83. The second-order valence-electron chi connectivity index (χ2n) is 11.9. The zero-order valence-corrected chi connectivity index (χ0v) is 23.5. The third-order valence-corrected chi connectivity index (χ3v) is 9.57. The van der Waals surface area contributed by atoms with Gasteiger partial charge >= 0.3 is 5.97 Å². The Labute approximate surface area is 220 Å². The molecular formula is C28H40FNO6S. The molecule has 3 aliphatic carbocycles. The Balaban J connectivity index is 1.54. The molecule has 0 saturated heterocycles. The average molecular weight is 538 g/mol. The summed E-state index contributed by atoms with van der Waals surface area (Å²) in [7, 11) is 0.0420. The van der Waals surface area contributed by atoms with Gasteiger partial charge < -0.3 is 14.4 Å². The number of fused-ring (bicyclic) bond motifs is 3. The van der Waals surface area contributed by atoms with E-state index in [1.165, 1.54) is 12.1 Å². The van der Waals surface area contributed by atoms with Crippen molar-refractivity contribution in [2.75, 3.05) is 26.5 Å². The van der Waals surface area contributed by atoms with E-state index in [1.54, 1.807) is 51.9 Å². The maximum atomic E-state index is 13.3. The minimum Gasteiger partial charge on any atom is -0.489 e. The number of rotatable bonds is 10.